The molecule has 0 aliphatic carbocycles. The minimum Gasteiger partial charge on any atom is -0.157 e. The Labute approximate surface area is 88.3 Å². The molecule has 70 valence electrons. The van der Waals surface area contributed by atoms with Gasteiger partial charge < -0.3 is 0 Å². The number of rotatable bonds is 6. The first-order valence-electron chi connectivity index (χ1n) is 4.17. The lowest BCUT2D eigenvalue weighted by Crippen LogP contribution is -2.07. The highest BCUT2D eigenvalue weighted by molar-refractivity contribution is 8.25. The monoisotopic (exact) mass is 220 g/mol. The maximum Gasteiger partial charge on any atom is 0.0677 e. The van der Waals surface area contributed by atoms with E-state index in [9.17, 15) is 0 Å². The first kappa shape index (κ1) is 10.9. The molecule has 0 amide bonds. The average Bonchev–Trinajstić information content (AvgIpc) is 2.68. The molecule has 0 nitrogen and oxygen atoms in total. The van der Waals surface area contributed by atoms with E-state index in [1.54, 1.807) is 0 Å². The van der Waals surface area contributed by atoms with Crippen LogP contribution in [0.1, 0.15) is 13.8 Å². The molecule has 0 aromatic heterocycles. The minimum absolute atomic E-state index is 0.564. The van der Waals surface area contributed by atoms with E-state index in [1.165, 1.54) is 11.5 Å². The molecule has 2 atom stereocenters. The van der Waals surface area contributed by atoms with Gasteiger partial charge in [-0.05, 0) is 6.92 Å². The molecule has 2 unspecified atom stereocenters. The summed E-state index contributed by atoms with van der Waals surface area (Å²) in [5.41, 5.74) is 0. The van der Waals surface area contributed by atoms with E-state index in [4.69, 9.17) is 0 Å². The largest absolute Gasteiger partial charge is 0.157 e. The highest BCUT2D eigenvalue weighted by atomic mass is 32.2. The Bertz CT molecular complexity index is 152. The summed E-state index contributed by atoms with van der Waals surface area (Å²) < 4.78 is 0.564. The van der Waals surface area contributed by atoms with Crippen LogP contribution in [0, 0.1) is 0 Å². The molecule has 3 heteroatoms. The predicted octanol–water partition coefficient (Wildman–Crippen LogP) is 3.49. The maximum atomic E-state index is 3.71. The van der Waals surface area contributed by atoms with Gasteiger partial charge in [-0.15, -0.1) is 30.1 Å². The van der Waals surface area contributed by atoms with Crippen molar-refractivity contribution >= 4 is 35.3 Å². The zero-order valence-corrected chi connectivity index (χ0v) is 10.2. The fraction of sp³-hybridized carbons (Fsp3) is 0.778. The second-order valence-electron chi connectivity index (χ2n) is 3.18. The smallest absolute Gasteiger partial charge is 0.0677 e. The van der Waals surface area contributed by atoms with E-state index in [1.807, 2.05) is 17.8 Å². The van der Waals surface area contributed by atoms with Crippen LogP contribution in [0.5, 0.6) is 0 Å². The third-order valence-corrected chi connectivity index (χ3v) is 6.17. The Morgan fingerprint density at radius 2 is 2.42 bits per heavy atom. The van der Waals surface area contributed by atoms with Gasteiger partial charge in [-0.25, -0.2) is 0 Å². The van der Waals surface area contributed by atoms with Crippen LogP contribution in [0.2, 0.25) is 0 Å². The Morgan fingerprint density at radius 1 is 1.75 bits per heavy atom. The van der Waals surface area contributed by atoms with Crippen LogP contribution in [0.4, 0.5) is 0 Å². The van der Waals surface area contributed by atoms with Gasteiger partial charge in [0.1, 0.15) is 0 Å². The molecule has 0 bridgehead atoms. The lowest BCUT2D eigenvalue weighted by Gasteiger charge is -2.13. The first-order valence-corrected chi connectivity index (χ1v) is 7.19. The second kappa shape index (κ2) is 4.87. The molecule has 1 rings (SSSR count). The molecule has 1 aliphatic rings. The van der Waals surface area contributed by atoms with E-state index >= 15 is 0 Å². The molecule has 1 saturated heterocycles. The van der Waals surface area contributed by atoms with Crippen molar-refractivity contribution in [3.05, 3.63) is 12.7 Å². The quantitative estimate of drug-likeness (QED) is 0.382. The second-order valence-corrected chi connectivity index (χ2v) is 7.93. The lowest BCUT2D eigenvalue weighted by atomic mass is 10.5. The first-order chi connectivity index (χ1) is 5.66. The third kappa shape index (κ3) is 4.15. The molecule has 12 heavy (non-hydrogen) atoms. The summed E-state index contributed by atoms with van der Waals surface area (Å²) in [5, 5.41) is 0.787. The van der Waals surface area contributed by atoms with Gasteiger partial charge in [-0.1, -0.05) is 13.0 Å². The van der Waals surface area contributed by atoms with Crippen molar-refractivity contribution in [2.75, 3.05) is 17.3 Å². The zero-order chi connectivity index (χ0) is 9.03. The summed E-state index contributed by atoms with van der Waals surface area (Å²) in [6, 6.07) is 0. The molecular formula is C9H16S3. The predicted molar refractivity (Wildman–Crippen MR) is 65.4 cm³/mol. The van der Waals surface area contributed by atoms with Crippen molar-refractivity contribution in [3.63, 3.8) is 0 Å². The van der Waals surface area contributed by atoms with E-state index in [0.717, 1.165) is 11.0 Å². The van der Waals surface area contributed by atoms with Gasteiger partial charge in [0, 0.05) is 22.5 Å². The van der Waals surface area contributed by atoms with E-state index in [-0.39, 0.29) is 0 Å². The Hall–Kier alpha value is 0.790. The number of hydrogen-bond acceptors (Lipinski definition) is 3. The van der Waals surface area contributed by atoms with E-state index < -0.39 is 0 Å². The molecule has 0 radical (unpaired) electrons. The van der Waals surface area contributed by atoms with Gasteiger partial charge in [0.05, 0.1) is 4.08 Å². The molecule has 0 aromatic rings. The summed E-state index contributed by atoms with van der Waals surface area (Å²) >= 11 is 6.18. The molecule has 0 aromatic carbocycles. The zero-order valence-electron chi connectivity index (χ0n) is 7.71. The van der Waals surface area contributed by atoms with Gasteiger partial charge in [0.15, 0.2) is 0 Å². The van der Waals surface area contributed by atoms with Crippen molar-refractivity contribution < 1.29 is 0 Å². The Kier molecular flexibility index (Phi) is 4.41. The van der Waals surface area contributed by atoms with Crippen LogP contribution in [0.25, 0.3) is 0 Å². The number of thioether (sulfide) groups is 3. The molecule has 1 fully saturated rings. The summed E-state index contributed by atoms with van der Waals surface area (Å²) in [6.07, 6.45) is 1.98. The topological polar surface area (TPSA) is 0 Å². The summed E-state index contributed by atoms with van der Waals surface area (Å²) in [7, 11) is 0. The standard InChI is InChI=1S/C9H16S3/c1-4-5-10-6-8(2)12-9(3)7-11-9/h4,8H,1,5-7H2,2-3H3. The lowest BCUT2D eigenvalue weighted by molar-refractivity contribution is 1.08. The Morgan fingerprint density at radius 3 is 2.92 bits per heavy atom. The normalized spacial score (nSPS) is 29.8. The van der Waals surface area contributed by atoms with Crippen LogP contribution in [0.3, 0.4) is 0 Å². The van der Waals surface area contributed by atoms with Crippen molar-refractivity contribution in [2.24, 2.45) is 0 Å². The van der Waals surface area contributed by atoms with Gasteiger partial charge in [-0.3, -0.25) is 0 Å². The van der Waals surface area contributed by atoms with Crippen molar-refractivity contribution in [1.29, 1.82) is 0 Å². The number of hydrogen-bond donors (Lipinski definition) is 0. The molecule has 0 spiro atoms. The van der Waals surface area contributed by atoms with Gasteiger partial charge in [-0.2, -0.15) is 11.8 Å². The SMILES string of the molecule is C=CCSCC(C)SC1(C)CS1. The van der Waals surface area contributed by atoms with Crippen LogP contribution in [-0.2, 0) is 0 Å². The third-order valence-electron chi connectivity index (χ3n) is 1.59. The Balaban J connectivity index is 2.03. The van der Waals surface area contributed by atoms with E-state index in [2.05, 4.69) is 44.0 Å². The van der Waals surface area contributed by atoms with E-state index in [0.29, 0.717) is 4.08 Å². The minimum atomic E-state index is 0.564. The highest BCUT2D eigenvalue weighted by Gasteiger charge is 2.40. The van der Waals surface area contributed by atoms with Crippen LogP contribution >= 0.6 is 35.3 Å². The summed E-state index contributed by atoms with van der Waals surface area (Å²) in [5.74, 6) is 3.69. The molecule has 1 aliphatic heterocycles. The van der Waals surface area contributed by atoms with Crippen LogP contribution in [0.15, 0.2) is 12.7 Å². The molecule has 1 heterocycles. The molecule has 0 N–H and O–H groups in total. The fourth-order valence-electron chi connectivity index (χ4n) is 0.947. The van der Waals surface area contributed by atoms with Crippen molar-refractivity contribution in [2.45, 2.75) is 23.2 Å². The summed E-state index contributed by atoms with van der Waals surface area (Å²) in [6.45, 7) is 8.38. The summed E-state index contributed by atoms with van der Waals surface area (Å²) in [4.78, 5) is 0. The molecule has 0 saturated carbocycles. The highest BCUT2D eigenvalue weighted by Crippen LogP contribution is 2.54. The van der Waals surface area contributed by atoms with Gasteiger partial charge in [0.25, 0.3) is 0 Å². The van der Waals surface area contributed by atoms with Gasteiger partial charge >= 0.3 is 0 Å². The van der Waals surface area contributed by atoms with Crippen LogP contribution < -0.4 is 0 Å². The fourth-order valence-corrected chi connectivity index (χ4v) is 4.41. The average molecular weight is 220 g/mol. The molecular weight excluding hydrogens is 204 g/mol. The van der Waals surface area contributed by atoms with Gasteiger partial charge in [0.2, 0.25) is 0 Å². The van der Waals surface area contributed by atoms with Crippen molar-refractivity contribution in [1.82, 2.24) is 0 Å². The maximum absolute atomic E-state index is 3.71. The van der Waals surface area contributed by atoms with Crippen molar-refractivity contribution in [3.8, 4) is 0 Å². The van der Waals surface area contributed by atoms with Crippen LogP contribution in [-0.4, -0.2) is 26.6 Å².